The maximum absolute atomic E-state index is 13.6. The van der Waals surface area contributed by atoms with Crippen molar-refractivity contribution in [2.45, 2.75) is 23.9 Å². The number of ether oxygens (including phenoxy) is 1. The fourth-order valence-electron chi connectivity index (χ4n) is 4.49. The Morgan fingerprint density at radius 2 is 1.54 bits per heavy atom. The van der Waals surface area contributed by atoms with Crippen molar-refractivity contribution in [1.82, 2.24) is 10.2 Å². The molecule has 0 aromatic heterocycles. The highest BCUT2D eigenvalue weighted by Gasteiger charge is 2.54. The van der Waals surface area contributed by atoms with Crippen LogP contribution in [0.4, 0.5) is 0 Å². The van der Waals surface area contributed by atoms with Crippen LogP contribution in [-0.4, -0.2) is 46.1 Å². The summed E-state index contributed by atoms with van der Waals surface area (Å²) in [5, 5.41) is 2.52. The second kappa shape index (κ2) is 11.3. The number of nitrogens with zero attached hydrogens (tertiary/aromatic N) is 1. The summed E-state index contributed by atoms with van der Waals surface area (Å²) in [6.45, 7) is 0. The fourth-order valence-corrected chi connectivity index (χ4v) is 6.73. The number of carbonyl (C=O) groups is 3. The van der Waals surface area contributed by atoms with Crippen LogP contribution in [0.15, 0.2) is 102 Å². The predicted molar refractivity (Wildman–Crippen MR) is 147 cm³/mol. The van der Waals surface area contributed by atoms with Crippen LogP contribution >= 0.6 is 23.5 Å². The van der Waals surface area contributed by atoms with Crippen LogP contribution in [0.25, 0.3) is 0 Å². The smallest absolute Gasteiger partial charge is 0.356 e. The molecule has 2 unspecified atom stereocenters. The summed E-state index contributed by atoms with van der Waals surface area (Å²) in [4.78, 5) is 41.8. The lowest BCUT2D eigenvalue weighted by molar-refractivity contribution is -0.154. The molecular formula is C29H26N2O4S2. The molecule has 0 radical (unpaired) electrons. The monoisotopic (exact) mass is 530 g/mol. The lowest BCUT2D eigenvalue weighted by Gasteiger charge is -2.49. The number of benzene rings is 3. The summed E-state index contributed by atoms with van der Waals surface area (Å²) in [7, 11) is 0. The SMILES string of the molecule is CSC1=C(C(=O)OC(c2ccccc2)c2ccccc2)N2C(=O)C(NC(=O)Cc3ccccc3)C2SC1. The Balaban J connectivity index is 1.35. The van der Waals surface area contributed by atoms with Crippen molar-refractivity contribution < 1.29 is 19.1 Å². The van der Waals surface area contributed by atoms with E-state index in [0.29, 0.717) is 5.75 Å². The van der Waals surface area contributed by atoms with Crippen LogP contribution in [-0.2, 0) is 25.5 Å². The lowest BCUT2D eigenvalue weighted by atomic mass is 10.0. The van der Waals surface area contributed by atoms with Gasteiger partial charge in [-0.2, -0.15) is 0 Å². The van der Waals surface area contributed by atoms with Gasteiger partial charge in [0.2, 0.25) is 5.91 Å². The normalized spacial score (nSPS) is 18.8. The summed E-state index contributed by atoms with van der Waals surface area (Å²) in [5.74, 6) is -0.503. The number of nitrogens with one attached hydrogen (secondary N) is 1. The minimum Gasteiger partial charge on any atom is -0.448 e. The van der Waals surface area contributed by atoms with Crippen LogP contribution in [0.5, 0.6) is 0 Å². The maximum atomic E-state index is 13.6. The molecule has 0 spiro atoms. The Morgan fingerprint density at radius 1 is 0.973 bits per heavy atom. The van der Waals surface area contributed by atoms with Crippen molar-refractivity contribution in [3.05, 3.63) is 118 Å². The average Bonchev–Trinajstić information content (AvgIpc) is 2.95. The molecule has 3 aromatic carbocycles. The standard InChI is InChI=1S/C29H26N2O4S2/c1-36-22-18-37-28-24(30-23(32)17-19-11-5-2-6-12-19)27(33)31(28)25(22)29(34)35-26(20-13-7-3-8-14-20)21-15-9-4-10-16-21/h2-16,24,26,28H,17-18H2,1H3,(H,30,32). The van der Waals surface area contributed by atoms with Gasteiger partial charge >= 0.3 is 5.97 Å². The third kappa shape index (κ3) is 5.31. The molecule has 0 saturated carbocycles. The molecule has 1 fully saturated rings. The first-order chi connectivity index (χ1) is 18.1. The Kier molecular flexibility index (Phi) is 7.67. The van der Waals surface area contributed by atoms with Gasteiger partial charge in [0, 0.05) is 10.7 Å². The van der Waals surface area contributed by atoms with Gasteiger partial charge in [0.15, 0.2) is 6.10 Å². The van der Waals surface area contributed by atoms with Crippen molar-refractivity contribution in [1.29, 1.82) is 0 Å². The molecule has 5 rings (SSSR count). The fraction of sp³-hybridized carbons (Fsp3) is 0.207. The molecule has 2 heterocycles. The van der Waals surface area contributed by atoms with Gasteiger partial charge in [0.25, 0.3) is 5.91 Å². The average molecular weight is 531 g/mol. The molecule has 2 atom stereocenters. The zero-order chi connectivity index (χ0) is 25.8. The van der Waals surface area contributed by atoms with E-state index in [2.05, 4.69) is 5.32 Å². The zero-order valence-electron chi connectivity index (χ0n) is 20.2. The summed E-state index contributed by atoms with van der Waals surface area (Å²) < 4.78 is 6.09. The van der Waals surface area contributed by atoms with Gasteiger partial charge in [-0.15, -0.1) is 23.5 Å². The molecular weight excluding hydrogens is 504 g/mol. The highest BCUT2D eigenvalue weighted by Crippen LogP contribution is 2.44. The van der Waals surface area contributed by atoms with Gasteiger partial charge in [-0.25, -0.2) is 4.79 Å². The van der Waals surface area contributed by atoms with E-state index >= 15 is 0 Å². The number of rotatable bonds is 8. The van der Waals surface area contributed by atoms with Gasteiger partial charge in [-0.05, 0) is 22.9 Å². The van der Waals surface area contributed by atoms with Gasteiger partial charge in [-0.3, -0.25) is 14.5 Å². The molecule has 1 N–H and O–H groups in total. The zero-order valence-corrected chi connectivity index (χ0v) is 21.8. The molecule has 37 heavy (non-hydrogen) atoms. The van der Waals surface area contributed by atoms with Crippen molar-refractivity contribution in [3.63, 3.8) is 0 Å². The number of esters is 1. The summed E-state index contributed by atoms with van der Waals surface area (Å²) in [6.07, 6.45) is 1.47. The predicted octanol–water partition coefficient (Wildman–Crippen LogP) is 4.54. The largest absolute Gasteiger partial charge is 0.448 e. The van der Waals surface area contributed by atoms with E-state index in [-0.39, 0.29) is 29.3 Å². The molecule has 8 heteroatoms. The molecule has 2 amide bonds. The van der Waals surface area contributed by atoms with Gasteiger partial charge < -0.3 is 10.1 Å². The maximum Gasteiger partial charge on any atom is 0.356 e. The van der Waals surface area contributed by atoms with E-state index in [1.807, 2.05) is 97.3 Å². The molecule has 2 aliphatic rings. The number of amides is 2. The number of carbonyl (C=O) groups excluding carboxylic acids is 3. The van der Waals surface area contributed by atoms with Crippen molar-refractivity contribution in [2.24, 2.45) is 0 Å². The van der Waals surface area contributed by atoms with Crippen molar-refractivity contribution in [2.75, 3.05) is 12.0 Å². The first-order valence-corrected chi connectivity index (χ1v) is 14.2. The van der Waals surface area contributed by atoms with E-state index in [0.717, 1.165) is 21.6 Å². The minimum absolute atomic E-state index is 0.193. The van der Waals surface area contributed by atoms with Gasteiger partial charge in [0.1, 0.15) is 17.1 Å². The first-order valence-electron chi connectivity index (χ1n) is 11.9. The topological polar surface area (TPSA) is 75.7 Å². The quantitative estimate of drug-likeness (QED) is 0.341. The van der Waals surface area contributed by atoms with Crippen molar-refractivity contribution >= 4 is 41.3 Å². The highest BCUT2D eigenvalue weighted by molar-refractivity contribution is 8.05. The molecule has 3 aromatic rings. The summed E-state index contributed by atoms with van der Waals surface area (Å²) in [5.41, 5.74) is 2.83. The van der Waals surface area contributed by atoms with Crippen LogP contribution in [0.1, 0.15) is 22.8 Å². The van der Waals surface area contributed by atoms with E-state index < -0.39 is 18.1 Å². The highest BCUT2D eigenvalue weighted by atomic mass is 32.2. The van der Waals surface area contributed by atoms with Crippen molar-refractivity contribution in [3.8, 4) is 0 Å². The number of β-lactam (4-membered cyclic amide) rings is 1. The van der Waals surface area contributed by atoms with Crippen LogP contribution < -0.4 is 5.32 Å². The molecule has 1 saturated heterocycles. The lowest BCUT2D eigenvalue weighted by Crippen LogP contribution is -2.70. The number of thioether (sulfide) groups is 2. The second-order valence-corrected chi connectivity index (χ2v) is 10.7. The molecule has 0 aliphatic carbocycles. The summed E-state index contributed by atoms with van der Waals surface area (Å²) >= 11 is 2.98. The second-order valence-electron chi connectivity index (χ2n) is 8.70. The number of hydrogen-bond donors (Lipinski definition) is 1. The molecule has 188 valence electrons. The first kappa shape index (κ1) is 25.2. The Labute approximate surface area is 224 Å². The van der Waals surface area contributed by atoms with Gasteiger partial charge in [0.05, 0.1) is 6.42 Å². The third-order valence-electron chi connectivity index (χ3n) is 6.33. The van der Waals surface area contributed by atoms with E-state index in [9.17, 15) is 14.4 Å². The molecule has 6 nitrogen and oxygen atoms in total. The summed E-state index contributed by atoms with van der Waals surface area (Å²) in [6, 6.07) is 27.8. The Hall–Kier alpha value is -3.49. The third-order valence-corrected chi connectivity index (χ3v) is 8.62. The number of hydrogen-bond acceptors (Lipinski definition) is 6. The molecule has 2 aliphatic heterocycles. The van der Waals surface area contributed by atoms with Crippen LogP contribution in [0.3, 0.4) is 0 Å². The van der Waals surface area contributed by atoms with Gasteiger partial charge in [-0.1, -0.05) is 91.0 Å². The van der Waals surface area contributed by atoms with E-state index in [4.69, 9.17) is 4.74 Å². The van der Waals surface area contributed by atoms with E-state index in [1.165, 1.54) is 16.7 Å². The number of fused-ring (bicyclic) bond motifs is 1. The van der Waals surface area contributed by atoms with Crippen LogP contribution in [0, 0.1) is 0 Å². The molecule has 0 bridgehead atoms. The van der Waals surface area contributed by atoms with Crippen LogP contribution in [0.2, 0.25) is 0 Å². The Morgan fingerprint density at radius 3 is 2.11 bits per heavy atom. The minimum atomic E-state index is -0.675. The Bertz CT molecular complexity index is 1280. The van der Waals surface area contributed by atoms with E-state index in [1.54, 1.807) is 11.8 Å².